The van der Waals surface area contributed by atoms with Crippen LogP contribution in [0.2, 0.25) is 0 Å². The second-order valence-electron chi connectivity index (χ2n) is 4.11. The minimum atomic E-state index is -3.68. The van der Waals surface area contributed by atoms with Crippen molar-refractivity contribution in [3.05, 3.63) is 29.8 Å². The number of primary sulfonamides is 1. The molecule has 0 heterocycles. The predicted octanol–water partition coefficient (Wildman–Crippen LogP) is 1.52. The smallest absolute Gasteiger partial charge is 0.303 e. The number of unbranched alkanes of at least 4 members (excludes halogenated alkanes) is 2. The highest BCUT2D eigenvalue weighted by molar-refractivity contribution is 7.89. The van der Waals surface area contributed by atoms with Crippen molar-refractivity contribution in [1.29, 1.82) is 0 Å². The summed E-state index contributed by atoms with van der Waals surface area (Å²) in [6.07, 6.45) is 2.85. The Morgan fingerprint density at radius 2 is 1.83 bits per heavy atom. The molecule has 0 saturated carbocycles. The van der Waals surface area contributed by atoms with Gasteiger partial charge in [0, 0.05) is 6.42 Å². The van der Waals surface area contributed by atoms with Crippen LogP contribution in [0.5, 0.6) is 0 Å². The molecule has 1 aromatic carbocycles. The maximum Gasteiger partial charge on any atom is 0.303 e. The highest BCUT2D eigenvalue weighted by atomic mass is 32.2. The predicted molar refractivity (Wildman–Crippen MR) is 67.6 cm³/mol. The summed E-state index contributed by atoms with van der Waals surface area (Å²) in [5, 5.41) is 13.6. The monoisotopic (exact) mass is 271 g/mol. The number of nitrogens with two attached hydrogens (primary N) is 1. The van der Waals surface area contributed by atoms with Crippen LogP contribution in [0.25, 0.3) is 0 Å². The fourth-order valence-corrected chi connectivity index (χ4v) is 2.56. The normalized spacial score (nSPS) is 11.4. The van der Waals surface area contributed by atoms with Crippen LogP contribution < -0.4 is 5.14 Å². The van der Waals surface area contributed by atoms with Crippen molar-refractivity contribution in [3.63, 3.8) is 0 Å². The number of sulfonamides is 1. The Balaban J connectivity index is 2.55. The van der Waals surface area contributed by atoms with Crippen LogP contribution in [-0.4, -0.2) is 19.5 Å². The van der Waals surface area contributed by atoms with E-state index in [1.165, 1.54) is 6.07 Å². The summed E-state index contributed by atoms with van der Waals surface area (Å²) in [5.41, 5.74) is 0.690. The maximum atomic E-state index is 11.3. The van der Waals surface area contributed by atoms with E-state index in [4.69, 9.17) is 10.2 Å². The van der Waals surface area contributed by atoms with Crippen molar-refractivity contribution >= 4 is 16.0 Å². The number of carbonyl (C=O) groups is 1. The van der Waals surface area contributed by atoms with E-state index in [1.54, 1.807) is 18.2 Å². The molecule has 0 unspecified atom stereocenters. The van der Waals surface area contributed by atoms with E-state index in [0.717, 1.165) is 12.8 Å². The van der Waals surface area contributed by atoms with Crippen molar-refractivity contribution in [2.75, 3.05) is 0 Å². The fourth-order valence-electron chi connectivity index (χ4n) is 1.76. The lowest BCUT2D eigenvalue weighted by Crippen LogP contribution is -2.14. The SMILES string of the molecule is NS(=O)(=O)c1ccccc1CCCCCC(=O)O. The molecule has 0 saturated heterocycles. The van der Waals surface area contributed by atoms with Gasteiger partial charge in [-0.15, -0.1) is 0 Å². The second kappa shape index (κ2) is 6.51. The summed E-state index contributed by atoms with van der Waals surface area (Å²) in [7, 11) is -3.68. The molecule has 0 aliphatic rings. The second-order valence-corrected chi connectivity index (χ2v) is 5.64. The Morgan fingerprint density at radius 1 is 1.17 bits per heavy atom. The van der Waals surface area contributed by atoms with Crippen molar-refractivity contribution in [1.82, 2.24) is 0 Å². The van der Waals surface area contributed by atoms with E-state index in [9.17, 15) is 13.2 Å². The number of aliphatic carboxylic acids is 1. The molecule has 3 N–H and O–H groups in total. The first kappa shape index (κ1) is 14.7. The van der Waals surface area contributed by atoms with Crippen LogP contribution in [-0.2, 0) is 21.2 Å². The van der Waals surface area contributed by atoms with Gasteiger partial charge in [0.1, 0.15) is 0 Å². The lowest BCUT2D eigenvalue weighted by molar-refractivity contribution is -0.137. The summed E-state index contributed by atoms with van der Waals surface area (Å²) in [6.45, 7) is 0. The summed E-state index contributed by atoms with van der Waals surface area (Å²) < 4.78 is 22.7. The summed E-state index contributed by atoms with van der Waals surface area (Å²) in [4.78, 5) is 10.5. The van der Waals surface area contributed by atoms with E-state index >= 15 is 0 Å². The van der Waals surface area contributed by atoms with E-state index < -0.39 is 16.0 Å². The fraction of sp³-hybridized carbons (Fsp3) is 0.417. The topological polar surface area (TPSA) is 97.5 Å². The quantitative estimate of drug-likeness (QED) is 0.735. The molecule has 0 aliphatic heterocycles. The molecule has 6 heteroatoms. The highest BCUT2D eigenvalue weighted by Crippen LogP contribution is 2.16. The number of rotatable bonds is 7. The van der Waals surface area contributed by atoms with Crippen molar-refractivity contribution < 1.29 is 18.3 Å². The Hall–Kier alpha value is -1.40. The van der Waals surface area contributed by atoms with Crippen LogP contribution in [0.1, 0.15) is 31.2 Å². The Kier molecular flexibility index (Phi) is 5.30. The molecule has 0 aliphatic carbocycles. The minimum Gasteiger partial charge on any atom is -0.481 e. The number of carboxylic acid groups (broad SMARTS) is 1. The van der Waals surface area contributed by atoms with Crippen molar-refractivity contribution in [3.8, 4) is 0 Å². The first-order valence-electron chi connectivity index (χ1n) is 5.74. The largest absolute Gasteiger partial charge is 0.481 e. The molecule has 0 amide bonds. The molecule has 0 aromatic heterocycles. The zero-order chi connectivity index (χ0) is 13.6. The van der Waals surface area contributed by atoms with E-state index in [2.05, 4.69) is 0 Å². The van der Waals surface area contributed by atoms with Crippen LogP contribution >= 0.6 is 0 Å². The molecule has 1 aromatic rings. The first-order valence-corrected chi connectivity index (χ1v) is 7.28. The Labute approximate surface area is 107 Å². The van der Waals surface area contributed by atoms with Gasteiger partial charge in [-0.3, -0.25) is 4.79 Å². The van der Waals surface area contributed by atoms with Gasteiger partial charge in [-0.2, -0.15) is 0 Å². The van der Waals surface area contributed by atoms with Gasteiger partial charge in [-0.05, 0) is 30.9 Å². The van der Waals surface area contributed by atoms with Crippen LogP contribution in [0.3, 0.4) is 0 Å². The average Bonchev–Trinajstić information content (AvgIpc) is 2.27. The standard InChI is InChI=1S/C12H17NO4S/c13-18(16,17)11-8-5-4-7-10(11)6-2-1-3-9-12(14)15/h4-5,7-8H,1-3,6,9H2,(H,14,15)(H2,13,16,17). The molecular weight excluding hydrogens is 254 g/mol. The first-order chi connectivity index (χ1) is 8.41. The van der Waals surface area contributed by atoms with Crippen LogP contribution in [0.15, 0.2) is 29.2 Å². The third-order valence-corrected chi connectivity index (χ3v) is 3.63. The molecule has 0 spiro atoms. The molecular formula is C12H17NO4S. The molecule has 0 bridgehead atoms. The third-order valence-electron chi connectivity index (χ3n) is 2.62. The van der Waals surface area contributed by atoms with Crippen LogP contribution in [0, 0.1) is 0 Å². The van der Waals surface area contributed by atoms with Crippen molar-refractivity contribution in [2.45, 2.75) is 37.0 Å². The summed E-state index contributed by atoms with van der Waals surface area (Å²) >= 11 is 0. The molecule has 100 valence electrons. The average molecular weight is 271 g/mol. The van der Waals surface area contributed by atoms with Gasteiger partial charge in [-0.1, -0.05) is 24.6 Å². The lowest BCUT2D eigenvalue weighted by atomic mass is 10.1. The van der Waals surface area contributed by atoms with Gasteiger partial charge in [0.2, 0.25) is 10.0 Å². The van der Waals surface area contributed by atoms with Gasteiger partial charge >= 0.3 is 5.97 Å². The van der Waals surface area contributed by atoms with Crippen LogP contribution in [0.4, 0.5) is 0 Å². The molecule has 1 rings (SSSR count). The van der Waals surface area contributed by atoms with E-state index in [0.29, 0.717) is 18.4 Å². The number of hydrogen-bond donors (Lipinski definition) is 2. The Morgan fingerprint density at radius 3 is 2.44 bits per heavy atom. The van der Waals surface area contributed by atoms with Crippen molar-refractivity contribution in [2.24, 2.45) is 5.14 Å². The van der Waals surface area contributed by atoms with Gasteiger partial charge < -0.3 is 5.11 Å². The molecule has 5 nitrogen and oxygen atoms in total. The third kappa shape index (κ3) is 4.85. The number of aryl methyl sites for hydroxylation is 1. The maximum absolute atomic E-state index is 11.3. The summed E-state index contributed by atoms with van der Waals surface area (Å²) in [6, 6.07) is 6.62. The minimum absolute atomic E-state index is 0.150. The zero-order valence-electron chi connectivity index (χ0n) is 10.0. The molecule has 18 heavy (non-hydrogen) atoms. The van der Waals surface area contributed by atoms with Gasteiger partial charge in [0.25, 0.3) is 0 Å². The lowest BCUT2D eigenvalue weighted by Gasteiger charge is -2.06. The van der Waals surface area contributed by atoms with Gasteiger partial charge in [-0.25, -0.2) is 13.6 Å². The zero-order valence-corrected chi connectivity index (χ0v) is 10.8. The van der Waals surface area contributed by atoms with E-state index in [-0.39, 0.29) is 11.3 Å². The Bertz CT molecular complexity index is 511. The van der Waals surface area contributed by atoms with E-state index in [1.807, 2.05) is 0 Å². The highest BCUT2D eigenvalue weighted by Gasteiger charge is 2.12. The summed E-state index contributed by atoms with van der Waals surface area (Å²) in [5.74, 6) is -0.806. The number of hydrogen-bond acceptors (Lipinski definition) is 3. The van der Waals surface area contributed by atoms with Gasteiger partial charge in [0.15, 0.2) is 0 Å². The molecule has 0 fully saturated rings. The molecule has 0 radical (unpaired) electrons. The number of benzene rings is 1. The van der Waals surface area contributed by atoms with Gasteiger partial charge in [0.05, 0.1) is 4.90 Å². The molecule has 0 atom stereocenters. The number of carboxylic acids is 1.